The summed E-state index contributed by atoms with van der Waals surface area (Å²) in [5, 5.41) is 5.18. The van der Waals surface area contributed by atoms with Crippen molar-refractivity contribution in [3.8, 4) is 0 Å². The molecule has 2 aromatic rings. The number of nitrogens with one attached hydrogen (secondary N) is 1. The molecule has 0 aromatic carbocycles. The lowest BCUT2D eigenvalue weighted by molar-refractivity contribution is 0.100. The second-order valence-corrected chi connectivity index (χ2v) is 5.19. The number of thiophene rings is 1. The van der Waals surface area contributed by atoms with Crippen LogP contribution in [0.5, 0.6) is 0 Å². The smallest absolute Gasteiger partial charge is 0.252 e. The Morgan fingerprint density at radius 3 is 3.00 bits per heavy atom. The minimum atomic E-state index is -0.481. The number of hydrogen-bond donors (Lipinski definition) is 2. The maximum atomic E-state index is 11.2. The van der Waals surface area contributed by atoms with Crippen molar-refractivity contribution in [2.24, 2.45) is 5.73 Å². The number of amides is 1. The van der Waals surface area contributed by atoms with Crippen molar-refractivity contribution in [2.45, 2.75) is 6.54 Å². The molecule has 2 heterocycles. The van der Waals surface area contributed by atoms with Gasteiger partial charge in [-0.25, -0.2) is 0 Å². The van der Waals surface area contributed by atoms with E-state index in [4.69, 9.17) is 5.73 Å². The fourth-order valence-electron chi connectivity index (χ4n) is 1.37. The molecule has 17 heavy (non-hydrogen) atoms. The highest BCUT2D eigenvalue weighted by molar-refractivity contribution is 9.10. The molecule has 0 spiro atoms. The van der Waals surface area contributed by atoms with Gasteiger partial charge in [-0.05, 0) is 33.4 Å². The van der Waals surface area contributed by atoms with Crippen LogP contribution in [0.25, 0.3) is 0 Å². The number of aromatic nitrogens is 1. The minimum absolute atomic E-state index is 0.403. The van der Waals surface area contributed by atoms with Crippen molar-refractivity contribution in [1.29, 1.82) is 0 Å². The molecule has 88 valence electrons. The van der Waals surface area contributed by atoms with E-state index in [-0.39, 0.29) is 0 Å². The number of nitrogens with zero attached hydrogens (tertiary/aromatic N) is 1. The molecule has 0 aliphatic heterocycles. The first-order valence-corrected chi connectivity index (χ1v) is 6.55. The summed E-state index contributed by atoms with van der Waals surface area (Å²) in [7, 11) is 0. The van der Waals surface area contributed by atoms with Gasteiger partial charge in [0, 0.05) is 21.7 Å². The molecule has 0 saturated heterocycles. The molecule has 0 radical (unpaired) electrons. The topological polar surface area (TPSA) is 68.0 Å². The van der Waals surface area contributed by atoms with E-state index >= 15 is 0 Å². The summed E-state index contributed by atoms with van der Waals surface area (Å²) >= 11 is 5.10. The predicted molar refractivity (Wildman–Crippen MR) is 72.1 cm³/mol. The van der Waals surface area contributed by atoms with E-state index in [9.17, 15) is 4.79 Å². The second-order valence-electron chi connectivity index (χ2n) is 3.33. The van der Waals surface area contributed by atoms with Crippen molar-refractivity contribution in [3.63, 3.8) is 0 Å². The Labute approximate surface area is 111 Å². The normalized spacial score (nSPS) is 10.2. The van der Waals surface area contributed by atoms with Crippen LogP contribution < -0.4 is 11.1 Å². The molecule has 2 aromatic heterocycles. The molecule has 0 atom stereocenters. The fraction of sp³-hybridized carbons (Fsp3) is 0.0909. The van der Waals surface area contributed by atoms with Gasteiger partial charge in [0.2, 0.25) is 0 Å². The molecule has 0 aliphatic rings. The number of hydrogen-bond acceptors (Lipinski definition) is 4. The standard InChI is InChI=1S/C11H10BrN3OS/c12-8-2-4-17-10(8)6-15-9-1-3-14-5-7(9)11(13)16/h1-5H,6H2,(H2,13,16)(H,14,15). The number of anilines is 1. The summed E-state index contributed by atoms with van der Waals surface area (Å²) in [6.07, 6.45) is 3.09. The van der Waals surface area contributed by atoms with Crippen LogP contribution in [0.1, 0.15) is 15.2 Å². The van der Waals surface area contributed by atoms with Gasteiger partial charge in [-0.1, -0.05) is 0 Å². The molecule has 0 saturated carbocycles. The first kappa shape index (κ1) is 12.1. The van der Waals surface area contributed by atoms with Crippen molar-refractivity contribution in [1.82, 2.24) is 4.98 Å². The molecule has 2 rings (SSSR count). The minimum Gasteiger partial charge on any atom is -0.379 e. The van der Waals surface area contributed by atoms with E-state index in [2.05, 4.69) is 26.2 Å². The zero-order valence-electron chi connectivity index (χ0n) is 8.81. The van der Waals surface area contributed by atoms with Crippen LogP contribution in [0.2, 0.25) is 0 Å². The largest absolute Gasteiger partial charge is 0.379 e. The first-order chi connectivity index (χ1) is 8.18. The third-order valence-corrected chi connectivity index (χ3v) is 4.14. The molecule has 0 fully saturated rings. The molecule has 1 amide bonds. The van der Waals surface area contributed by atoms with Crippen LogP contribution in [0.15, 0.2) is 34.4 Å². The van der Waals surface area contributed by atoms with E-state index in [1.54, 1.807) is 23.6 Å². The average molecular weight is 312 g/mol. The molecule has 3 N–H and O–H groups in total. The molecular weight excluding hydrogens is 302 g/mol. The number of nitrogens with two attached hydrogens (primary N) is 1. The number of carbonyl (C=O) groups is 1. The quantitative estimate of drug-likeness (QED) is 0.912. The van der Waals surface area contributed by atoms with Gasteiger partial charge in [0.05, 0.1) is 17.8 Å². The highest BCUT2D eigenvalue weighted by Gasteiger charge is 2.08. The zero-order chi connectivity index (χ0) is 12.3. The molecular formula is C11H10BrN3OS. The Kier molecular flexibility index (Phi) is 3.75. The van der Waals surface area contributed by atoms with Crippen LogP contribution in [-0.4, -0.2) is 10.9 Å². The van der Waals surface area contributed by atoms with Gasteiger partial charge >= 0.3 is 0 Å². The summed E-state index contributed by atoms with van der Waals surface area (Å²) < 4.78 is 1.06. The predicted octanol–water partition coefficient (Wildman–Crippen LogP) is 2.62. The third-order valence-electron chi connectivity index (χ3n) is 2.22. The Morgan fingerprint density at radius 1 is 1.53 bits per heavy atom. The van der Waals surface area contributed by atoms with Crippen molar-refractivity contribution in [3.05, 3.63) is 44.8 Å². The summed E-state index contributed by atoms with van der Waals surface area (Å²) in [5.41, 5.74) is 6.37. The van der Waals surface area contributed by atoms with E-state index in [0.29, 0.717) is 17.8 Å². The summed E-state index contributed by atoms with van der Waals surface area (Å²) in [6.45, 7) is 0.641. The van der Waals surface area contributed by atoms with Gasteiger partial charge in [-0.15, -0.1) is 11.3 Å². The summed E-state index contributed by atoms with van der Waals surface area (Å²) in [4.78, 5) is 16.2. The van der Waals surface area contributed by atoms with Crippen LogP contribution in [0.4, 0.5) is 5.69 Å². The van der Waals surface area contributed by atoms with Crippen LogP contribution in [0, 0.1) is 0 Å². The third kappa shape index (κ3) is 2.83. The van der Waals surface area contributed by atoms with Crippen molar-refractivity contribution in [2.75, 3.05) is 5.32 Å². The Bertz CT molecular complexity index is 541. The van der Waals surface area contributed by atoms with Gasteiger partial charge in [-0.2, -0.15) is 0 Å². The fourth-order valence-corrected chi connectivity index (χ4v) is 2.80. The van der Waals surface area contributed by atoms with Gasteiger partial charge in [-0.3, -0.25) is 9.78 Å². The van der Waals surface area contributed by atoms with Gasteiger partial charge in [0.1, 0.15) is 0 Å². The summed E-state index contributed by atoms with van der Waals surface area (Å²) in [5.74, 6) is -0.481. The van der Waals surface area contributed by atoms with Crippen LogP contribution >= 0.6 is 27.3 Å². The number of pyridine rings is 1. The monoisotopic (exact) mass is 311 g/mol. The maximum absolute atomic E-state index is 11.2. The highest BCUT2D eigenvalue weighted by Crippen LogP contribution is 2.24. The molecule has 0 bridgehead atoms. The van der Waals surface area contributed by atoms with Gasteiger partial charge < -0.3 is 11.1 Å². The van der Waals surface area contributed by atoms with E-state index in [0.717, 1.165) is 9.35 Å². The van der Waals surface area contributed by atoms with Gasteiger partial charge in [0.25, 0.3) is 5.91 Å². The Balaban J connectivity index is 2.14. The van der Waals surface area contributed by atoms with Crippen LogP contribution in [-0.2, 0) is 6.54 Å². The number of rotatable bonds is 4. The lowest BCUT2D eigenvalue weighted by Crippen LogP contribution is -2.14. The number of carbonyl (C=O) groups excluding carboxylic acids is 1. The van der Waals surface area contributed by atoms with Crippen LogP contribution in [0.3, 0.4) is 0 Å². The highest BCUT2D eigenvalue weighted by atomic mass is 79.9. The molecule has 4 nitrogen and oxygen atoms in total. The van der Waals surface area contributed by atoms with Crippen molar-refractivity contribution >= 4 is 38.9 Å². The lowest BCUT2D eigenvalue weighted by atomic mass is 10.2. The number of primary amides is 1. The SMILES string of the molecule is NC(=O)c1cnccc1NCc1sccc1Br. The van der Waals surface area contributed by atoms with E-state index in [1.807, 2.05) is 11.4 Å². The Morgan fingerprint density at radius 2 is 2.35 bits per heavy atom. The lowest BCUT2D eigenvalue weighted by Gasteiger charge is -2.08. The van der Waals surface area contributed by atoms with Gasteiger partial charge in [0.15, 0.2) is 0 Å². The Hall–Kier alpha value is -1.40. The van der Waals surface area contributed by atoms with E-state index in [1.165, 1.54) is 6.20 Å². The number of halogens is 1. The second kappa shape index (κ2) is 5.29. The summed E-state index contributed by atoms with van der Waals surface area (Å²) in [6, 6.07) is 3.73. The average Bonchev–Trinajstić information content (AvgIpc) is 2.72. The zero-order valence-corrected chi connectivity index (χ0v) is 11.2. The molecule has 0 aliphatic carbocycles. The van der Waals surface area contributed by atoms with E-state index < -0.39 is 5.91 Å². The van der Waals surface area contributed by atoms with Crippen molar-refractivity contribution < 1.29 is 4.79 Å². The first-order valence-electron chi connectivity index (χ1n) is 4.88. The molecule has 0 unspecified atom stereocenters. The molecule has 6 heteroatoms. The maximum Gasteiger partial charge on any atom is 0.252 e.